The minimum atomic E-state index is -0.405. The summed E-state index contributed by atoms with van der Waals surface area (Å²) in [5.74, 6) is -0.405. The molecular weight excluding hydrogens is 106 g/mol. The number of carbonyl (C=O) groups excluding carboxylic acids is 1. The van der Waals surface area contributed by atoms with E-state index >= 15 is 0 Å². The fourth-order valence-electron chi connectivity index (χ4n) is 0.256. The van der Waals surface area contributed by atoms with E-state index in [9.17, 15) is 4.79 Å². The van der Waals surface area contributed by atoms with Gasteiger partial charge in [-0.05, 0) is 6.92 Å². The summed E-state index contributed by atoms with van der Waals surface area (Å²) in [6, 6.07) is 0. The number of aldehydes is 1. The van der Waals surface area contributed by atoms with E-state index in [-0.39, 0.29) is 12.0 Å². The van der Waals surface area contributed by atoms with Crippen molar-refractivity contribution in [3.63, 3.8) is 0 Å². The summed E-state index contributed by atoms with van der Waals surface area (Å²) < 4.78 is 0. The molecule has 0 unspecified atom stereocenters. The van der Waals surface area contributed by atoms with Gasteiger partial charge in [0.15, 0.2) is 12.0 Å². The lowest BCUT2D eigenvalue weighted by atomic mass is 10.3. The van der Waals surface area contributed by atoms with Gasteiger partial charge in [0.1, 0.15) is 0 Å². The predicted octanol–water partition coefficient (Wildman–Crippen LogP) is 0.667. The van der Waals surface area contributed by atoms with Crippen molar-refractivity contribution < 1.29 is 9.90 Å². The predicted molar refractivity (Wildman–Crippen MR) is 30.2 cm³/mol. The van der Waals surface area contributed by atoms with E-state index in [0.717, 1.165) is 6.08 Å². The molecule has 0 bridgehead atoms. The molecule has 0 rings (SSSR count). The SMILES string of the molecule is CC(=N)/C=C(\O)C=O. The van der Waals surface area contributed by atoms with E-state index in [2.05, 4.69) is 0 Å². The Kier molecular flexibility index (Phi) is 2.54. The van der Waals surface area contributed by atoms with Crippen LogP contribution in [0, 0.1) is 5.41 Å². The Balaban J connectivity index is 3.94. The number of nitrogens with one attached hydrogen (secondary N) is 1. The molecule has 0 aromatic heterocycles. The van der Waals surface area contributed by atoms with Gasteiger partial charge in [-0.1, -0.05) is 0 Å². The zero-order valence-electron chi connectivity index (χ0n) is 4.51. The smallest absolute Gasteiger partial charge is 0.184 e. The van der Waals surface area contributed by atoms with Crippen molar-refractivity contribution in [3.8, 4) is 0 Å². The molecule has 0 radical (unpaired) electrons. The Morgan fingerprint density at radius 3 is 2.38 bits per heavy atom. The van der Waals surface area contributed by atoms with Gasteiger partial charge in [-0.25, -0.2) is 0 Å². The molecule has 3 nitrogen and oxygen atoms in total. The maximum Gasteiger partial charge on any atom is 0.184 e. The highest BCUT2D eigenvalue weighted by molar-refractivity contribution is 5.94. The van der Waals surface area contributed by atoms with Crippen LogP contribution in [0.3, 0.4) is 0 Å². The van der Waals surface area contributed by atoms with Gasteiger partial charge in [0.05, 0.1) is 0 Å². The molecule has 0 aliphatic carbocycles. The van der Waals surface area contributed by atoms with Crippen molar-refractivity contribution >= 4 is 12.0 Å². The molecule has 0 saturated heterocycles. The van der Waals surface area contributed by atoms with Crippen LogP contribution in [0.2, 0.25) is 0 Å². The highest BCUT2D eigenvalue weighted by Crippen LogP contribution is 1.81. The number of carbonyl (C=O) groups is 1. The largest absolute Gasteiger partial charge is 0.505 e. The van der Waals surface area contributed by atoms with E-state index in [1.165, 1.54) is 6.92 Å². The number of hydrogen-bond donors (Lipinski definition) is 2. The molecule has 44 valence electrons. The Hall–Kier alpha value is -1.12. The zero-order valence-corrected chi connectivity index (χ0v) is 4.51. The molecule has 0 heterocycles. The van der Waals surface area contributed by atoms with E-state index in [0.29, 0.717) is 0 Å². The maximum absolute atomic E-state index is 9.63. The van der Waals surface area contributed by atoms with Crippen LogP contribution in [0.15, 0.2) is 11.8 Å². The monoisotopic (exact) mass is 113 g/mol. The third kappa shape index (κ3) is 3.08. The molecule has 3 heteroatoms. The Morgan fingerprint density at radius 2 is 2.25 bits per heavy atom. The van der Waals surface area contributed by atoms with Crippen molar-refractivity contribution in [2.45, 2.75) is 6.92 Å². The van der Waals surface area contributed by atoms with Gasteiger partial charge in [-0.2, -0.15) is 0 Å². The standard InChI is InChI=1S/C5H7NO2/c1-4(6)2-5(8)3-7/h2-3,6,8H,1H3/b5-2-,6-4?. The van der Waals surface area contributed by atoms with Crippen LogP contribution < -0.4 is 0 Å². The van der Waals surface area contributed by atoms with Crippen LogP contribution in [-0.2, 0) is 4.79 Å². The molecule has 0 saturated carbocycles. The number of aliphatic hydroxyl groups is 1. The molecule has 0 aliphatic rings. The van der Waals surface area contributed by atoms with Crippen molar-refractivity contribution in [2.24, 2.45) is 0 Å². The Morgan fingerprint density at radius 1 is 1.75 bits per heavy atom. The normalized spacial score (nSPS) is 10.9. The van der Waals surface area contributed by atoms with Gasteiger partial charge in [0.2, 0.25) is 0 Å². The van der Waals surface area contributed by atoms with E-state index < -0.39 is 5.76 Å². The summed E-state index contributed by atoms with van der Waals surface area (Å²) in [5.41, 5.74) is 0.162. The molecule has 0 atom stereocenters. The Labute approximate surface area is 47.2 Å². The molecule has 0 aliphatic heterocycles. The number of allylic oxidation sites excluding steroid dienone is 2. The molecular formula is C5H7NO2. The van der Waals surface area contributed by atoms with Gasteiger partial charge in [-0.3, -0.25) is 4.79 Å². The van der Waals surface area contributed by atoms with Crippen molar-refractivity contribution in [2.75, 3.05) is 0 Å². The number of rotatable bonds is 2. The first kappa shape index (κ1) is 6.88. The summed E-state index contributed by atoms with van der Waals surface area (Å²) in [5, 5.41) is 15.1. The van der Waals surface area contributed by atoms with Crippen LogP contribution in [0.25, 0.3) is 0 Å². The summed E-state index contributed by atoms with van der Waals surface area (Å²) >= 11 is 0. The van der Waals surface area contributed by atoms with Gasteiger partial charge >= 0.3 is 0 Å². The average molecular weight is 113 g/mol. The van der Waals surface area contributed by atoms with Crippen LogP contribution in [0.1, 0.15) is 6.92 Å². The lowest BCUT2D eigenvalue weighted by Gasteiger charge is -1.82. The van der Waals surface area contributed by atoms with Crippen LogP contribution in [-0.4, -0.2) is 17.1 Å². The molecule has 0 spiro atoms. The second-order valence-electron chi connectivity index (χ2n) is 1.37. The lowest BCUT2D eigenvalue weighted by molar-refractivity contribution is -0.106. The third-order valence-electron chi connectivity index (χ3n) is 0.485. The second-order valence-corrected chi connectivity index (χ2v) is 1.37. The fourth-order valence-corrected chi connectivity index (χ4v) is 0.256. The molecule has 0 amide bonds. The molecule has 8 heavy (non-hydrogen) atoms. The fraction of sp³-hybridized carbons (Fsp3) is 0.200. The first-order chi connectivity index (χ1) is 3.66. The first-order valence-electron chi connectivity index (χ1n) is 2.08. The summed E-state index contributed by atoms with van der Waals surface area (Å²) in [4.78, 5) is 9.63. The average Bonchev–Trinajstić information content (AvgIpc) is 1.65. The van der Waals surface area contributed by atoms with Gasteiger partial charge in [-0.15, -0.1) is 0 Å². The minimum absolute atomic E-state index is 0.162. The summed E-state index contributed by atoms with van der Waals surface area (Å²) in [7, 11) is 0. The molecule has 0 fully saturated rings. The molecule has 0 aromatic carbocycles. The Bertz CT molecular complexity index is 137. The second kappa shape index (κ2) is 2.96. The lowest BCUT2D eigenvalue weighted by Crippen LogP contribution is -1.86. The summed E-state index contributed by atoms with van der Waals surface area (Å²) in [6.45, 7) is 1.47. The highest BCUT2D eigenvalue weighted by atomic mass is 16.3. The first-order valence-corrected chi connectivity index (χ1v) is 2.08. The van der Waals surface area contributed by atoms with Gasteiger partial charge < -0.3 is 10.5 Å². The summed E-state index contributed by atoms with van der Waals surface area (Å²) in [6.07, 6.45) is 1.37. The highest BCUT2D eigenvalue weighted by Gasteiger charge is 1.85. The number of hydrogen-bond acceptors (Lipinski definition) is 3. The quantitative estimate of drug-likeness (QED) is 0.239. The van der Waals surface area contributed by atoms with E-state index in [1.54, 1.807) is 0 Å². The van der Waals surface area contributed by atoms with Crippen LogP contribution in [0.5, 0.6) is 0 Å². The van der Waals surface area contributed by atoms with E-state index in [1.807, 2.05) is 0 Å². The zero-order chi connectivity index (χ0) is 6.57. The minimum Gasteiger partial charge on any atom is -0.505 e. The maximum atomic E-state index is 9.63. The van der Waals surface area contributed by atoms with Gasteiger partial charge in [0.25, 0.3) is 0 Å². The van der Waals surface area contributed by atoms with Gasteiger partial charge in [0, 0.05) is 11.8 Å². The topological polar surface area (TPSA) is 61.1 Å². The van der Waals surface area contributed by atoms with Crippen molar-refractivity contribution in [1.82, 2.24) is 0 Å². The van der Waals surface area contributed by atoms with Crippen molar-refractivity contribution in [1.29, 1.82) is 5.41 Å². The van der Waals surface area contributed by atoms with Crippen molar-refractivity contribution in [3.05, 3.63) is 11.8 Å². The molecule has 0 aromatic rings. The molecule has 2 N–H and O–H groups in total. The van der Waals surface area contributed by atoms with Crippen LogP contribution >= 0.6 is 0 Å². The number of aliphatic hydroxyl groups excluding tert-OH is 1. The van der Waals surface area contributed by atoms with Crippen LogP contribution in [0.4, 0.5) is 0 Å². The third-order valence-corrected chi connectivity index (χ3v) is 0.485. The van der Waals surface area contributed by atoms with E-state index in [4.69, 9.17) is 10.5 Å².